The first-order chi connectivity index (χ1) is 17.4. The van der Waals surface area contributed by atoms with Crippen molar-refractivity contribution in [1.82, 2.24) is 4.90 Å². The van der Waals surface area contributed by atoms with Gasteiger partial charge in [-0.1, -0.05) is 93.8 Å². The van der Waals surface area contributed by atoms with E-state index in [9.17, 15) is 9.59 Å². The molecule has 2 aromatic rings. The van der Waals surface area contributed by atoms with Crippen molar-refractivity contribution in [2.24, 2.45) is 0 Å². The Kier molecular flexibility index (Phi) is 13.4. The van der Waals surface area contributed by atoms with Crippen LogP contribution in [0.15, 0.2) is 48.5 Å². The molecule has 0 heterocycles. The Balaban J connectivity index is 2.21. The van der Waals surface area contributed by atoms with Crippen LogP contribution in [0.1, 0.15) is 107 Å². The molecule has 1 unspecified atom stereocenters. The van der Waals surface area contributed by atoms with Crippen LogP contribution in [0.5, 0.6) is 0 Å². The zero-order chi connectivity index (χ0) is 26.3. The first-order valence-corrected chi connectivity index (χ1v) is 13.7. The predicted molar refractivity (Wildman–Crippen MR) is 147 cm³/mol. The standard InChI is InChI=1S/C30H42ClNO4/c1-5-7-8-9-10-11-12-15-22-36-29(33)27-17-14-13-16-26(27)28(24-18-20-25(31)21-19-24)32(23(3)4)30(34)35-6-2/h13-14,16-21,23,28H,5-12,15,22H2,1-4H3. The first kappa shape index (κ1) is 29.7. The van der Waals surface area contributed by atoms with E-state index >= 15 is 0 Å². The highest BCUT2D eigenvalue weighted by atomic mass is 35.5. The van der Waals surface area contributed by atoms with Crippen molar-refractivity contribution in [3.8, 4) is 0 Å². The number of amides is 1. The average Bonchev–Trinajstić information content (AvgIpc) is 2.86. The van der Waals surface area contributed by atoms with Crippen molar-refractivity contribution in [3.63, 3.8) is 0 Å². The SMILES string of the molecule is CCCCCCCCCCOC(=O)c1ccccc1C(c1ccc(Cl)cc1)N(C(=O)OCC)C(C)C. The second kappa shape index (κ2) is 16.3. The number of ether oxygens (including phenoxy) is 2. The van der Waals surface area contributed by atoms with Crippen LogP contribution in [0.25, 0.3) is 0 Å². The highest BCUT2D eigenvalue weighted by molar-refractivity contribution is 6.30. The van der Waals surface area contributed by atoms with Crippen molar-refractivity contribution in [2.75, 3.05) is 13.2 Å². The van der Waals surface area contributed by atoms with E-state index in [1.165, 1.54) is 38.5 Å². The summed E-state index contributed by atoms with van der Waals surface area (Å²) in [5, 5.41) is 0.600. The van der Waals surface area contributed by atoms with Crippen LogP contribution in [0, 0.1) is 0 Å². The van der Waals surface area contributed by atoms with Crippen molar-refractivity contribution in [1.29, 1.82) is 0 Å². The van der Waals surface area contributed by atoms with E-state index < -0.39 is 12.1 Å². The Hall–Kier alpha value is -2.53. The molecule has 198 valence electrons. The number of hydrogen-bond donors (Lipinski definition) is 0. The molecule has 0 aliphatic rings. The van der Waals surface area contributed by atoms with E-state index in [-0.39, 0.29) is 18.6 Å². The van der Waals surface area contributed by atoms with E-state index in [1.54, 1.807) is 30.0 Å². The quantitative estimate of drug-likeness (QED) is 0.176. The van der Waals surface area contributed by atoms with Gasteiger partial charge in [-0.25, -0.2) is 9.59 Å². The molecule has 0 aliphatic heterocycles. The molecule has 0 aliphatic carbocycles. The number of unbranched alkanes of at least 4 members (excludes halogenated alkanes) is 7. The van der Waals surface area contributed by atoms with Crippen LogP contribution in [0.2, 0.25) is 5.02 Å². The van der Waals surface area contributed by atoms with Gasteiger partial charge in [-0.3, -0.25) is 4.90 Å². The summed E-state index contributed by atoms with van der Waals surface area (Å²) >= 11 is 6.14. The number of rotatable bonds is 15. The van der Waals surface area contributed by atoms with Crippen molar-refractivity contribution in [3.05, 3.63) is 70.2 Å². The highest BCUT2D eigenvalue weighted by Gasteiger charge is 2.33. The molecule has 0 fully saturated rings. The van der Waals surface area contributed by atoms with Gasteiger partial charge in [0.05, 0.1) is 24.8 Å². The molecule has 0 saturated carbocycles. The number of benzene rings is 2. The van der Waals surface area contributed by atoms with E-state index in [0.29, 0.717) is 22.8 Å². The fourth-order valence-corrected chi connectivity index (χ4v) is 4.47. The number of nitrogens with zero attached hydrogens (tertiary/aromatic N) is 1. The average molecular weight is 516 g/mol. The summed E-state index contributed by atoms with van der Waals surface area (Å²) in [6, 6.07) is 14.0. The molecule has 2 aromatic carbocycles. The van der Waals surface area contributed by atoms with Gasteiger partial charge in [-0.2, -0.15) is 0 Å². The summed E-state index contributed by atoms with van der Waals surface area (Å²) in [4.78, 5) is 27.9. The lowest BCUT2D eigenvalue weighted by Gasteiger charge is -2.35. The van der Waals surface area contributed by atoms with Gasteiger partial charge >= 0.3 is 12.1 Å². The van der Waals surface area contributed by atoms with E-state index in [4.69, 9.17) is 21.1 Å². The normalized spacial score (nSPS) is 11.8. The Morgan fingerprint density at radius 2 is 1.44 bits per heavy atom. The van der Waals surface area contributed by atoms with Gasteiger partial charge in [-0.15, -0.1) is 0 Å². The molecule has 1 amide bonds. The molecule has 0 saturated heterocycles. The molecule has 5 nitrogen and oxygen atoms in total. The highest BCUT2D eigenvalue weighted by Crippen LogP contribution is 2.34. The zero-order valence-corrected chi connectivity index (χ0v) is 23.1. The second-order valence-electron chi connectivity index (χ2n) is 9.35. The number of carbonyl (C=O) groups is 2. The molecule has 2 rings (SSSR count). The molecule has 0 aromatic heterocycles. The van der Waals surface area contributed by atoms with Gasteiger partial charge in [-0.05, 0) is 56.5 Å². The number of esters is 1. The van der Waals surface area contributed by atoms with Crippen molar-refractivity contribution >= 4 is 23.7 Å². The van der Waals surface area contributed by atoms with E-state index in [2.05, 4.69) is 6.92 Å². The zero-order valence-electron chi connectivity index (χ0n) is 22.3. The third-order valence-electron chi connectivity index (χ3n) is 6.21. The monoisotopic (exact) mass is 515 g/mol. The lowest BCUT2D eigenvalue weighted by Crippen LogP contribution is -2.41. The van der Waals surface area contributed by atoms with Crippen LogP contribution in [-0.2, 0) is 9.47 Å². The maximum absolute atomic E-state index is 13.2. The second-order valence-corrected chi connectivity index (χ2v) is 9.79. The minimum atomic E-state index is -0.534. The molecule has 0 spiro atoms. The Bertz CT molecular complexity index is 929. The summed E-state index contributed by atoms with van der Waals surface area (Å²) in [6.07, 6.45) is 9.01. The van der Waals surface area contributed by atoms with Crippen molar-refractivity contribution < 1.29 is 19.1 Å². The molecule has 6 heteroatoms. The Morgan fingerprint density at radius 3 is 2.06 bits per heavy atom. The third kappa shape index (κ3) is 9.16. The number of hydrogen-bond acceptors (Lipinski definition) is 4. The third-order valence-corrected chi connectivity index (χ3v) is 6.46. The minimum absolute atomic E-state index is 0.175. The Morgan fingerprint density at radius 1 is 0.833 bits per heavy atom. The maximum atomic E-state index is 13.2. The predicted octanol–water partition coefficient (Wildman–Crippen LogP) is 8.59. The minimum Gasteiger partial charge on any atom is -0.462 e. The van der Waals surface area contributed by atoms with Crippen molar-refractivity contribution in [2.45, 2.75) is 91.1 Å². The molecule has 0 N–H and O–H groups in total. The first-order valence-electron chi connectivity index (χ1n) is 13.4. The topological polar surface area (TPSA) is 55.8 Å². The van der Waals surface area contributed by atoms with Gasteiger partial charge < -0.3 is 9.47 Å². The summed E-state index contributed by atoms with van der Waals surface area (Å²) < 4.78 is 11.1. The summed E-state index contributed by atoms with van der Waals surface area (Å²) in [6.45, 7) is 8.52. The summed E-state index contributed by atoms with van der Waals surface area (Å²) in [7, 11) is 0. The lowest BCUT2D eigenvalue weighted by molar-refractivity contribution is 0.0489. The van der Waals surface area contributed by atoms with E-state index in [1.807, 2.05) is 44.2 Å². The van der Waals surface area contributed by atoms with Gasteiger partial charge in [0, 0.05) is 11.1 Å². The smallest absolute Gasteiger partial charge is 0.410 e. The van der Waals surface area contributed by atoms with Crippen LogP contribution >= 0.6 is 11.6 Å². The Labute approximate surface area is 222 Å². The molecule has 0 bridgehead atoms. The van der Waals surface area contributed by atoms with E-state index in [0.717, 1.165) is 18.4 Å². The van der Waals surface area contributed by atoms with Crippen LogP contribution in [0.4, 0.5) is 4.79 Å². The molecule has 1 atom stereocenters. The van der Waals surface area contributed by atoms with Gasteiger partial charge in [0.2, 0.25) is 0 Å². The largest absolute Gasteiger partial charge is 0.462 e. The van der Waals surface area contributed by atoms with Gasteiger partial charge in [0.15, 0.2) is 0 Å². The molecular formula is C30H42ClNO4. The van der Waals surface area contributed by atoms with Crippen LogP contribution in [0.3, 0.4) is 0 Å². The number of carbonyl (C=O) groups excluding carboxylic acids is 2. The lowest BCUT2D eigenvalue weighted by atomic mass is 9.92. The summed E-state index contributed by atoms with van der Waals surface area (Å²) in [5.74, 6) is -0.375. The fourth-order valence-electron chi connectivity index (χ4n) is 4.35. The van der Waals surface area contributed by atoms with Gasteiger partial charge in [0.25, 0.3) is 0 Å². The van der Waals surface area contributed by atoms with Crippen LogP contribution in [-0.4, -0.2) is 36.2 Å². The van der Waals surface area contributed by atoms with Crippen LogP contribution < -0.4 is 0 Å². The molecule has 0 radical (unpaired) electrons. The fraction of sp³-hybridized carbons (Fsp3) is 0.533. The number of halogens is 1. The molecule has 36 heavy (non-hydrogen) atoms. The summed E-state index contributed by atoms with van der Waals surface area (Å²) in [5.41, 5.74) is 1.99. The van der Waals surface area contributed by atoms with Gasteiger partial charge in [0.1, 0.15) is 0 Å². The molecular weight excluding hydrogens is 474 g/mol. The maximum Gasteiger partial charge on any atom is 0.410 e.